The van der Waals surface area contributed by atoms with Crippen LogP contribution >= 0.6 is 0 Å². The standard InChI is InChI=1S/C12H15F2NO3/c1-12(15,11(16)17)7-8-6-9(18-5-4-13)2-3-10(8)14/h2-3,6H,4-5,7,15H2,1H3,(H,16,17). The Labute approximate surface area is 103 Å². The topological polar surface area (TPSA) is 72.5 Å². The Bertz CT molecular complexity index is 435. The number of hydrogen-bond donors (Lipinski definition) is 2. The zero-order chi connectivity index (χ0) is 13.8. The molecule has 1 unspecified atom stereocenters. The number of ether oxygens (including phenoxy) is 1. The Balaban J connectivity index is 2.90. The lowest BCUT2D eigenvalue weighted by atomic mass is 9.94. The Morgan fingerprint density at radius 1 is 1.56 bits per heavy atom. The molecule has 0 fully saturated rings. The summed E-state index contributed by atoms with van der Waals surface area (Å²) in [4.78, 5) is 10.9. The highest BCUT2D eigenvalue weighted by Gasteiger charge is 2.29. The maximum Gasteiger partial charge on any atom is 0.323 e. The smallest absolute Gasteiger partial charge is 0.323 e. The van der Waals surface area contributed by atoms with Crippen LogP contribution in [0.4, 0.5) is 8.78 Å². The van der Waals surface area contributed by atoms with E-state index in [0.717, 1.165) is 6.07 Å². The Kier molecular flexibility index (Phi) is 4.61. The van der Waals surface area contributed by atoms with E-state index < -0.39 is 24.0 Å². The summed E-state index contributed by atoms with van der Waals surface area (Å²) in [6.07, 6.45) is -0.180. The highest BCUT2D eigenvalue weighted by Crippen LogP contribution is 2.20. The number of rotatable bonds is 6. The van der Waals surface area contributed by atoms with Gasteiger partial charge in [0.1, 0.15) is 30.4 Å². The van der Waals surface area contributed by atoms with Crippen LogP contribution in [0.2, 0.25) is 0 Å². The molecule has 1 aromatic carbocycles. The molecule has 0 saturated carbocycles. The van der Waals surface area contributed by atoms with Gasteiger partial charge in [0.25, 0.3) is 0 Å². The van der Waals surface area contributed by atoms with Crippen LogP contribution in [0.3, 0.4) is 0 Å². The van der Waals surface area contributed by atoms with Crippen molar-refractivity contribution in [3.05, 3.63) is 29.6 Å². The first-order valence-corrected chi connectivity index (χ1v) is 5.36. The summed E-state index contributed by atoms with van der Waals surface area (Å²) in [6, 6.07) is 3.82. The van der Waals surface area contributed by atoms with E-state index in [2.05, 4.69) is 0 Å². The van der Waals surface area contributed by atoms with Crippen molar-refractivity contribution in [3.63, 3.8) is 0 Å². The van der Waals surface area contributed by atoms with Gasteiger partial charge in [0, 0.05) is 6.42 Å². The third-order valence-corrected chi connectivity index (χ3v) is 2.41. The Morgan fingerprint density at radius 2 is 2.22 bits per heavy atom. The highest BCUT2D eigenvalue weighted by molar-refractivity contribution is 5.78. The van der Waals surface area contributed by atoms with Crippen LogP contribution in [-0.4, -0.2) is 29.9 Å². The fourth-order valence-corrected chi connectivity index (χ4v) is 1.40. The minimum Gasteiger partial charge on any atom is -0.491 e. The summed E-state index contributed by atoms with van der Waals surface area (Å²) in [5.41, 5.74) is 4.10. The molecule has 3 N–H and O–H groups in total. The molecular weight excluding hydrogens is 244 g/mol. The zero-order valence-corrected chi connectivity index (χ0v) is 9.95. The molecule has 1 rings (SSSR count). The molecule has 0 aliphatic heterocycles. The van der Waals surface area contributed by atoms with Gasteiger partial charge < -0.3 is 15.6 Å². The third kappa shape index (κ3) is 3.66. The second-order valence-corrected chi connectivity index (χ2v) is 4.19. The fraction of sp³-hybridized carbons (Fsp3) is 0.417. The molecule has 0 bridgehead atoms. The Hall–Kier alpha value is -1.69. The van der Waals surface area contributed by atoms with Gasteiger partial charge in [0.2, 0.25) is 0 Å². The predicted molar refractivity (Wildman–Crippen MR) is 61.8 cm³/mol. The van der Waals surface area contributed by atoms with E-state index in [1.165, 1.54) is 19.1 Å². The second kappa shape index (κ2) is 5.77. The molecular formula is C12H15F2NO3. The lowest BCUT2D eigenvalue weighted by Crippen LogP contribution is -2.47. The van der Waals surface area contributed by atoms with Crippen molar-refractivity contribution < 1.29 is 23.4 Å². The van der Waals surface area contributed by atoms with Gasteiger partial charge in [-0.15, -0.1) is 0 Å². The van der Waals surface area contributed by atoms with Gasteiger partial charge in [-0.3, -0.25) is 4.79 Å². The molecule has 1 aromatic rings. The van der Waals surface area contributed by atoms with Gasteiger partial charge in [0.05, 0.1) is 0 Å². The zero-order valence-electron chi connectivity index (χ0n) is 9.95. The van der Waals surface area contributed by atoms with Crippen LogP contribution in [0.5, 0.6) is 5.75 Å². The maximum atomic E-state index is 13.5. The van der Waals surface area contributed by atoms with E-state index in [0.29, 0.717) is 0 Å². The quantitative estimate of drug-likeness (QED) is 0.812. The van der Waals surface area contributed by atoms with Crippen molar-refractivity contribution in [1.29, 1.82) is 0 Å². The molecule has 0 spiro atoms. The van der Waals surface area contributed by atoms with Gasteiger partial charge in [-0.25, -0.2) is 8.78 Å². The van der Waals surface area contributed by atoms with E-state index in [4.69, 9.17) is 15.6 Å². The normalized spacial score (nSPS) is 14.0. The molecule has 0 saturated heterocycles. The first-order valence-electron chi connectivity index (χ1n) is 5.36. The maximum absolute atomic E-state index is 13.5. The summed E-state index contributed by atoms with van der Waals surface area (Å²) in [6.45, 7) is 0.504. The van der Waals surface area contributed by atoms with Crippen molar-refractivity contribution in [2.75, 3.05) is 13.3 Å². The Morgan fingerprint density at radius 3 is 2.78 bits per heavy atom. The number of carboxylic acid groups (broad SMARTS) is 1. The number of aliphatic carboxylic acids is 1. The molecule has 4 nitrogen and oxygen atoms in total. The van der Waals surface area contributed by atoms with Gasteiger partial charge in [0.15, 0.2) is 0 Å². The van der Waals surface area contributed by atoms with E-state index >= 15 is 0 Å². The average Bonchev–Trinajstić information content (AvgIpc) is 2.29. The number of hydrogen-bond acceptors (Lipinski definition) is 3. The summed E-state index contributed by atoms with van der Waals surface area (Å²) >= 11 is 0. The number of benzene rings is 1. The molecule has 0 heterocycles. The van der Waals surface area contributed by atoms with Crippen LogP contribution in [0.25, 0.3) is 0 Å². The van der Waals surface area contributed by atoms with Crippen LogP contribution in [0.15, 0.2) is 18.2 Å². The molecule has 6 heteroatoms. The van der Waals surface area contributed by atoms with E-state index in [1.54, 1.807) is 0 Å². The minimum atomic E-state index is -1.57. The number of carbonyl (C=O) groups is 1. The van der Waals surface area contributed by atoms with Crippen LogP contribution in [0.1, 0.15) is 12.5 Å². The average molecular weight is 259 g/mol. The summed E-state index contributed by atoms with van der Waals surface area (Å²) in [5.74, 6) is -1.51. The van der Waals surface area contributed by atoms with Gasteiger partial charge in [-0.05, 0) is 30.7 Å². The summed E-state index contributed by atoms with van der Waals surface area (Å²) < 4.78 is 30.4. The van der Waals surface area contributed by atoms with E-state index in [-0.39, 0.29) is 24.3 Å². The third-order valence-electron chi connectivity index (χ3n) is 2.41. The molecule has 0 amide bonds. The molecule has 100 valence electrons. The fourth-order valence-electron chi connectivity index (χ4n) is 1.40. The van der Waals surface area contributed by atoms with Crippen molar-refractivity contribution in [2.24, 2.45) is 5.73 Å². The highest BCUT2D eigenvalue weighted by atomic mass is 19.1. The number of alkyl halides is 1. The molecule has 0 aliphatic carbocycles. The van der Waals surface area contributed by atoms with Crippen molar-refractivity contribution in [3.8, 4) is 5.75 Å². The second-order valence-electron chi connectivity index (χ2n) is 4.19. The molecule has 0 aliphatic rings. The lowest BCUT2D eigenvalue weighted by molar-refractivity contribution is -0.142. The van der Waals surface area contributed by atoms with Crippen LogP contribution in [-0.2, 0) is 11.2 Å². The first-order chi connectivity index (χ1) is 8.36. The predicted octanol–water partition coefficient (Wildman–Crippen LogP) is 1.52. The molecule has 0 radical (unpaired) electrons. The number of halogens is 2. The van der Waals surface area contributed by atoms with Gasteiger partial charge in [-0.2, -0.15) is 0 Å². The summed E-state index contributed by atoms with van der Waals surface area (Å²) in [5, 5.41) is 8.88. The number of carboxylic acids is 1. The van der Waals surface area contributed by atoms with E-state index in [9.17, 15) is 13.6 Å². The number of nitrogens with two attached hydrogens (primary N) is 1. The van der Waals surface area contributed by atoms with Crippen molar-refractivity contribution in [1.82, 2.24) is 0 Å². The van der Waals surface area contributed by atoms with Crippen molar-refractivity contribution >= 4 is 5.97 Å². The van der Waals surface area contributed by atoms with Gasteiger partial charge >= 0.3 is 5.97 Å². The van der Waals surface area contributed by atoms with Crippen LogP contribution in [0, 0.1) is 5.82 Å². The van der Waals surface area contributed by atoms with Crippen molar-refractivity contribution in [2.45, 2.75) is 18.9 Å². The molecule has 0 aromatic heterocycles. The lowest BCUT2D eigenvalue weighted by Gasteiger charge is -2.19. The van der Waals surface area contributed by atoms with Crippen LogP contribution < -0.4 is 10.5 Å². The van der Waals surface area contributed by atoms with E-state index in [1.807, 2.05) is 0 Å². The monoisotopic (exact) mass is 259 g/mol. The molecule has 1 atom stereocenters. The minimum absolute atomic E-state index is 0.124. The SMILES string of the molecule is CC(N)(Cc1cc(OCCF)ccc1F)C(=O)O. The van der Waals surface area contributed by atoms with Gasteiger partial charge in [-0.1, -0.05) is 0 Å². The largest absolute Gasteiger partial charge is 0.491 e. The molecule has 18 heavy (non-hydrogen) atoms. The first kappa shape index (κ1) is 14.4. The summed E-state index contributed by atoms with van der Waals surface area (Å²) in [7, 11) is 0.